The fraction of sp³-hybridized carbons (Fsp3) is 0.533. The van der Waals surface area contributed by atoms with Crippen LogP contribution in [-0.4, -0.2) is 37.8 Å². The van der Waals surface area contributed by atoms with Gasteiger partial charge in [-0.25, -0.2) is 8.98 Å². The van der Waals surface area contributed by atoms with Gasteiger partial charge >= 0.3 is 6.09 Å². The Kier molecular flexibility index (Phi) is 4.49. The second-order valence-electron chi connectivity index (χ2n) is 6.28. The molecule has 1 amide bonds. The van der Waals surface area contributed by atoms with Crippen LogP contribution in [0.2, 0.25) is 0 Å². The minimum atomic E-state index is -3.90. The van der Waals surface area contributed by atoms with Gasteiger partial charge in [0.1, 0.15) is 5.60 Å². The van der Waals surface area contributed by atoms with Crippen LogP contribution >= 0.6 is 0 Å². The largest absolute Gasteiger partial charge is 0.444 e. The molecule has 0 aliphatic carbocycles. The molecule has 2 rings (SSSR count). The maximum Gasteiger partial charge on any atom is 0.412 e. The van der Waals surface area contributed by atoms with Crippen molar-refractivity contribution in [2.24, 2.45) is 0 Å². The van der Waals surface area contributed by atoms with E-state index in [-0.39, 0.29) is 4.90 Å². The number of rotatable bonds is 3. The lowest BCUT2D eigenvalue weighted by atomic mass is 10.2. The Morgan fingerprint density at radius 1 is 1.23 bits per heavy atom. The molecule has 1 aromatic rings. The third-order valence-electron chi connectivity index (χ3n) is 3.14. The van der Waals surface area contributed by atoms with E-state index in [9.17, 15) is 13.2 Å². The lowest BCUT2D eigenvalue weighted by molar-refractivity contribution is -0.0632. The van der Waals surface area contributed by atoms with Crippen LogP contribution in [0.3, 0.4) is 0 Å². The SMILES string of the molecule is Cc1ccc(S(=O)(=O)OC2CCN2C(=O)OC(C)(C)C)cc1. The molecule has 1 atom stereocenters. The normalized spacial score (nSPS) is 18.7. The smallest absolute Gasteiger partial charge is 0.412 e. The van der Waals surface area contributed by atoms with E-state index in [1.165, 1.54) is 17.0 Å². The number of benzene rings is 1. The van der Waals surface area contributed by atoms with Gasteiger partial charge in [0.25, 0.3) is 10.1 Å². The Labute approximate surface area is 131 Å². The monoisotopic (exact) mass is 327 g/mol. The summed E-state index contributed by atoms with van der Waals surface area (Å²) in [5.74, 6) is 0. The van der Waals surface area contributed by atoms with E-state index in [1.54, 1.807) is 32.9 Å². The molecule has 6 nitrogen and oxygen atoms in total. The van der Waals surface area contributed by atoms with E-state index >= 15 is 0 Å². The maximum atomic E-state index is 12.2. The van der Waals surface area contributed by atoms with Crippen molar-refractivity contribution in [2.75, 3.05) is 6.54 Å². The average Bonchev–Trinajstić information content (AvgIpc) is 2.33. The molecule has 1 aliphatic rings. The van der Waals surface area contributed by atoms with Gasteiger partial charge in [0, 0.05) is 13.0 Å². The van der Waals surface area contributed by atoms with Crippen LogP contribution in [0.5, 0.6) is 0 Å². The molecular formula is C15H21NO5S. The number of likely N-dealkylation sites (tertiary alicyclic amines) is 1. The van der Waals surface area contributed by atoms with Gasteiger partial charge in [-0.15, -0.1) is 0 Å². The summed E-state index contributed by atoms with van der Waals surface area (Å²) >= 11 is 0. The zero-order valence-electron chi connectivity index (χ0n) is 13.2. The summed E-state index contributed by atoms with van der Waals surface area (Å²) in [5.41, 5.74) is 0.325. The maximum absolute atomic E-state index is 12.2. The second kappa shape index (κ2) is 5.89. The van der Waals surface area contributed by atoms with Crippen LogP contribution in [0, 0.1) is 6.92 Å². The van der Waals surface area contributed by atoms with Crippen LogP contribution < -0.4 is 0 Å². The average molecular weight is 327 g/mol. The number of hydrogen-bond acceptors (Lipinski definition) is 5. The molecule has 0 radical (unpaired) electrons. The van der Waals surface area contributed by atoms with Crippen molar-refractivity contribution in [1.29, 1.82) is 0 Å². The Bertz CT molecular complexity index is 646. The van der Waals surface area contributed by atoms with E-state index in [4.69, 9.17) is 8.92 Å². The first-order valence-electron chi connectivity index (χ1n) is 7.08. The molecule has 0 aromatic heterocycles. The Morgan fingerprint density at radius 3 is 2.27 bits per heavy atom. The summed E-state index contributed by atoms with van der Waals surface area (Å²) in [6.45, 7) is 7.55. The van der Waals surface area contributed by atoms with Gasteiger partial charge in [0.2, 0.25) is 0 Å². The van der Waals surface area contributed by atoms with E-state index in [0.717, 1.165) is 5.56 Å². The molecule has 0 spiro atoms. The minimum absolute atomic E-state index is 0.0779. The van der Waals surface area contributed by atoms with Gasteiger partial charge in [-0.2, -0.15) is 8.42 Å². The fourth-order valence-electron chi connectivity index (χ4n) is 1.90. The Hall–Kier alpha value is -1.60. The quantitative estimate of drug-likeness (QED) is 0.798. The third kappa shape index (κ3) is 3.98. The molecular weight excluding hydrogens is 306 g/mol. The van der Waals surface area contributed by atoms with Gasteiger partial charge in [0.15, 0.2) is 6.23 Å². The Morgan fingerprint density at radius 2 is 1.82 bits per heavy atom. The fourth-order valence-corrected chi connectivity index (χ4v) is 2.97. The molecule has 1 heterocycles. The van der Waals surface area contributed by atoms with Gasteiger partial charge in [-0.1, -0.05) is 17.7 Å². The van der Waals surface area contributed by atoms with E-state index < -0.39 is 28.0 Å². The zero-order valence-corrected chi connectivity index (χ0v) is 14.0. The van der Waals surface area contributed by atoms with Crippen molar-refractivity contribution in [3.8, 4) is 0 Å². The van der Waals surface area contributed by atoms with Gasteiger partial charge in [0.05, 0.1) is 4.90 Å². The van der Waals surface area contributed by atoms with E-state index in [1.807, 2.05) is 6.92 Å². The molecule has 1 aliphatic heterocycles. The highest BCUT2D eigenvalue weighted by atomic mass is 32.2. The summed E-state index contributed by atoms with van der Waals surface area (Å²) in [5, 5.41) is 0. The van der Waals surface area contributed by atoms with Crippen molar-refractivity contribution in [1.82, 2.24) is 4.90 Å². The minimum Gasteiger partial charge on any atom is -0.444 e. The number of hydrogen-bond donors (Lipinski definition) is 0. The molecule has 1 unspecified atom stereocenters. The first-order valence-corrected chi connectivity index (χ1v) is 8.49. The van der Waals surface area contributed by atoms with E-state index in [0.29, 0.717) is 13.0 Å². The zero-order chi connectivity index (χ0) is 16.5. The summed E-state index contributed by atoms with van der Waals surface area (Å²) in [6, 6.07) is 6.37. The summed E-state index contributed by atoms with van der Waals surface area (Å²) < 4.78 is 34.8. The summed E-state index contributed by atoms with van der Waals surface area (Å²) in [4.78, 5) is 13.3. The molecule has 1 aromatic carbocycles. The summed E-state index contributed by atoms with van der Waals surface area (Å²) in [7, 11) is -3.90. The molecule has 1 fully saturated rings. The molecule has 0 bridgehead atoms. The van der Waals surface area contributed by atoms with Gasteiger partial charge in [-0.3, -0.25) is 4.90 Å². The van der Waals surface area contributed by atoms with Crippen molar-refractivity contribution < 1.29 is 22.1 Å². The predicted octanol–water partition coefficient (Wildman–Crippen LogP) is 2.67. The van der Waals surface area contributed by atoms with Crippen LogP contribution in [0.15, 0.2) is 29.2 Å². The number of nitrogens with zero attached hydrogens (tertiary/aromatic N) is 1. The van der Waals surface area contributed by atoms with Crippen molar-refractivity contribution in [3.63, 3.8) is 0 Å². The highest BCUT2D eigenvalue weighted by Gasteiger charge is 2.39. The third-order valence-corrected chi connectivity index (χ3v) is 4.47. The molecule has 7 heteroatoms. The van der Waals surface area contributed by atoms with Crippen molar-refractivity contribution in [3.05, 3.63) is 29.8 Å². The van der Waals surface area contributed by atoms with Gasteiger partial charge < -0.3 is 4.74 Å². The lowest BCUT2D eigenvalue weighted by Crippen LogP contribution is -2.54. The van der Waals surface area contributed by atoms with Crippen LogP contribution in [0.4, 0.5) is 4.79 Å². The molecule has 122 valence electrons. The molecule has 0 N–H and O–H groups in total. The van der Waals surface area contributed by atoms with Crippen LogP contribution in [0.25, 0.3) is 0 Å². The highest BCUT2D eigenvalue weighted by molar-refractivity contribution is 7.86. The van der Waals surface area contributed by atoms with Crippen molar-refractivity contribution in [2.45, 2.75) is 50.8 Å². The number of aryl methyl sites for hydroxylation is 1. The molecule has 1 saturated heterocycles. The summed E-state index contributed by atoms with van der Waals surface area (Å²) in [6.07, 6.45) is -0.909. The van der Waals surface area contributed by atoms with Crippen LogP contribution in [-0.2, 0) is 19.0 Å². The standard InChI is InChI=1S/C15H21NO5S/c1-11-5-7-12(8-6-11)22(18,19)21-13-9-10-16(13)14(17)20-15(2,3)4/h5-8,13H,9-10H2,1-4H3. The lowest BCUT2D eigenvalue weighted by Gasteiger charge is -2.39. The highest BCUT2D eigenvalue weighted by Crippen LogP contribution is 2.26. The number of amides is 1. The number of carbonyl (C=O) groups is 1. The van der Waals surface area contributed by atoms with Gasteiger partial charge in [-0.05, 0) is 39.8 Å². The van der Waals surface area contributed by atoms with Crippen LogP contribution in [0.1, 0.15) is 32.8 Å². The second-order valence-corrected chi connectivity index (χ2v) is 7.85. The Balaban J connectivity index is 2.04. The topological polar surface area (TPSA) is 72.9 Å². The molecule has 0 saturated carbocycles. The van der Waals surface area contributed by atoms with E-state index in [2.05, 4.69) is 0 Å². The number of carbonyl (C=O) groups excluding carboxylic acids is 1. The first kappa shape index (κ1) is 16.8. The predicted molar refractivity (Wildman–Crippen MR) is 80.8 cm³/mol. The first-order chi connectivity index (χ1) is 10.1. The number of ether oxygens (including phenoxy) is 1. The molecule has 22 heavy (non-hydrogen) atoms. The van der Waals surface area contributed by atoms with Crippen molar-refractivity contribution >= 4 is 16.2 Å².